The minimum Gasteiger partial charge on any atom is -0.381 e. The molecule has 0 spiro atoms. The number of hydrogen-bond donors (Lipinski definition) is 2. The Morgan fingerprint density at radius 1 is 1.26 bits per heavy atom. The van der Waals surface area contributed by atoms with Gasteiger partial charge >= 0.3 is 0 Å². The lowest BCUT2D eigenvalue weighted by molar-refractivity contribution is 0.109. The van der Waals surface area contributed by atoms with Gasteiger partial charge in [-0.15, -0.1) is 24.0 Å². The average molecular weight is 463 g/mol. The van der Waals surface area contributed by atoms with Crippen LogP contribution in [-0.4, -0.2) is 58.7 Å². The molecule has 0 aliphatic carbocycles. The molecule has 0 radical (unpaired) electrons. The first-order valence-corrected chi connectivity index (χ1v) is 10.1. The quantitative estimate of drug-likeness (QED) is 0.212. The molecule has 0 bridgehead atoms. The lowest BCUT2D eigenvalue weighted by atomic mass is 10.2. The maximum atomic E-state index is 11.2. The molecular formula is C15H34IN3O3S. The van der Waals surface area contributed by atoms with Gasteiger partial charge in [0.1, 0.15) is 9.84 Å². The fraction of sp³-hybridized carbons (Fsp3) is 0.933. The molecule has 0 aromatic carbocycles. The molecule has 2 N–H and O–H groups in total. The zero-order valence-corrected chi connectivity index (χ0v) is 18.2. The molecule has 0 amide bonds. The molecule has 0 heterocycles. The highest BCUT2D eigenvalue weighted by Gasteiger charge is 2.09. The highest BCUT2D eigenvalue weighted by atomic mass is 127. The predicted molar refractivity (Wildman–Crippen MR) is 109 cm³/mol. The van der Waals surface area contributed by atoms with E-state index in [1.165, 1.54) is 6.26 Å². The van der Waals surface area contributed by atoms with Gasteiger partial charge in [0.2, 0.25) is 0 Å². The summed E-state index contributed by atoms with van der Waals surface area (Å²) in [6.45, 7) is 11.2. The van der Waals surface area contributed by atoms with Gasteiger partial charge in [-0.2, -0.15) is 0 Å². The Bertz CT molecular complexity index is 414. The van der Waals surface area contributed by atoms with Gasteiger partial charge < -0.3 is 15.4 Å². The van der Waals surface area contributed by atoms with Gasteiger partial charge in [0.05, 0.1) is 5.75 Å². The van der Waals surface area contributed by atoms with Crippen molar-refractivity contribution in [1.29, 1.82) is 0 Å². The fourth-order valence-corrected chi connectivity index (χ4v) is 2.47. The van der Waals surface area contributed by atoms with Crippen LogP contribution < -0.4 is 10.6 Å². The molecule has 8 heteroatoms. The zero-order valence-electron chi connectivity index (χ0n) is 15.1. The summed E-state index contributed by atoms with van der Waals surface area (Å²) in [4.78, 5) is 4.48. The molecule has 140 valence electrons. The molecule has 0 saturated carbocycles. The van der Waals surface area contributed by atoms with Crippen molar-refractivity contribution in [2.24, 2.45) is 10.9 Å². The molecule has 1 atom stereocenters. The van der Waals surface area contributed by atoms with Crippen molar-refractivity contribution >= 4 is 39.8 Å². The maximum absolute atomic E-state index is 11.2. The second kappa shape index (κ2) is 14.3. The Balaban J connectivity index is 0. The van der Waals surface area contributed by atoms with E-state index in [9.17, 15) is 8.42 Å². The van der Waals surface area contributed by atoms with Crippen molar-refractivity contribution in [3.8, 4) is 0 Å². The fourth-order valence-electron chi connectivity index (χ4n) is 1.69. The molecule has 0 aromatic rings. The third kappa shape index (κ3) is 18.1. The van der Waals surface area contributed by atoms with Crippen molar-refractivity contribution in [2.75, 3.05) is 38.3 Å². The summed E-state index contributed by atoms with van der Waals surface area (Å²) in [6, 6.07) is 0.0599. The number of hydrogen-bond acceptors (Lipinski definition) is 4. The van der Waals surface area contributed by atoms with Crippen LogP contribution in [0.25, 0.3) is 0 Å². The van der Waals surface area contributed by atoms with E-state index in [-0.39, 0.29) is 35.8 Å². The standard InChI is InChI=1S/C15H33N3O3S.HI/c1-6-16-15(17-9-7-10-21-12-13(2)3)18-14(4)8-11-22(5,19)20;/h13-14H,6-12H2,1-5H3,(H2,16,17,18);1H. The third-order valence-electron chi connectivity index (χ3n) is 2.82. The number of aliphatic imine (C=N–C) groups is 1. The van der Waals surface area contributed by atoms with Crippen molar-refractivity contribution in [1.82, 2.24) is 10.6 Å². The Morgan fingerprint density at radius 2 is 1.91 bits per heavy atom. The Labute approximate surface area is 159 Å². The lowest BCUT2D eigenvalue weighted by Gasteiger charge is -2.17. The van der Waals surface area contributed by atoms with Crippen LogP contribution in [0.15, 0.2) is 4.99 Å². The number of rotatable bonds is 11. The van der Waals surface area contributed by atoms with E-state index >= 15 is 0 Å². The predicted octanol–water partition coefficient (Wildman–Crippen LogP) is 2.05. The smallest absolute Gasteiger partial charge is 0.191 e. The van der Waals surface area contributed by atoms with Crippen molar-refractivity contribution in [3.05, 3.63) is 0 Å². The van der Waals surface area contributed by atoms with Gasteiger partial charge in [-0.3, -0.25) is 4.99 Å². The first kappa shape index (κ1) is 25.2. The van der Waals surface area contributed by atoms with Crippen LogP contribution in [0.4, 0.5) is 0 Å². The van der Waals surface area contributed by atoms with E-state index in [0.29, 0.717) is 25.5 Å². The molecule has 0 aromatic heterocycles. The minimum absolute atomic E-state index is 0. The number of halogens is 1. The molecular weight excluding hydrogens is 429 g/mol. The highest BCUT2D eigenvalue weighted by molar-refractivity contribution is 14.0. The second-order valence-electron chi connectivity index (χ2n) is 6.05. The molecule has 6 nitrogen and oxygen atoms in total. The lowest BCUT2D eigenvalue weighted by Crippen LogP contribution is -2.43. The topological polar surface area (TPSA) is 79.8 Å². The molecule has 1 unspecified atom stereocenters. The SMILES string of the molecule is CCNC(=NCCCOCC(C)C)NC(C)CCS(C)(=O)=O.I. The first-order valence-electron chi connectivity index (χ1n) is 8.05. The van der Waals surface area contributed by atoms with Crippen LogP contribution in [0, 0.1) is 5.92 Å². The van der Waals surface area contributed by atoms with E-state index < -0.39 is 9.84 Å². The van der Waals surface area contributed by atoms with Gasteiger partial charge in [0.15, 0.2) is 5.96 Å². The molecule has 0 rings (SSSR count). The maximum Gasteiger partial charge on any atom is 0.191 e. The summed E-state index contributed by atoms with van der Waals surface area (Å²) < 4.78 is 27.9. The monoisotopic (exact) mass is 463 g/mol. The highest BCUT2D eigenvalue weighted by Crippen LogP contribution is 1.96. The third-order valence-corrected chi connectivity index (χ3v) is 3.79. The van der Waals surface area contributed by atoms with Crippen LogP contribution in [0.3, 0.4) is 0 Å². The van der Waals surface area contributed by atoms with Crippen LogP contribution in [-0.2, 0) is 14.6 Å². The van der Waals surface area contributed by atoms with Gasteiger partial charge in [0, 0.05) is 38.6 Å². The van der Waals surface area contributed by atoms with Crippen LogP contribution in [0.2, 0.25) is 0 Å². The Morgan fingerprint density at radius 3 is 2.43 bits per heavy atom. The minimum atomic E-state index is -2.92. The van der Waals surface area contributed by atoms with Crippen LogP contribution >= 0.6 is 24.0 Å². The first-order chi connectivity index (χ1) is 10.2. The van der Waals surface area contributed by atoms with E-state index in [0.717, 1.165) is 25.5 Å². The van der Waals surface area contributed by atoms with Crippen molar-refractivity contribution in [2.45, 2.75) is 46.6 Å². The average Bonchev–Trinajstić information content (AvgIpc) is 2.39. The Kier molecular flexibility index (Phi) is 15.6. The number of nitrogens with one attached hydrogen (secondary N) is 2. The Hall–Kier alpha value is -0.0900. The summed E-state index contributed by atoms with van der Waals surface area (Å²) in [5.41, 5.74) is 0. The summed E-state index contributed by atoms with van der Waals surface area (Å²) >= 11 is 0. The molecule has 0 aliphatic rings. The number of sulfone groups is 1. The van der Waals surface area contributed by atoms with Crippen LogP contribution in [0.1, 0.15) is 40.5 Å². The summed E-state index contributed by atoms with van der Waals surface area (Å²) in [6.07, 6.45) is 2.71. The molecule has 0 aliphatic heterocycles. The summed E-state index contributed by atoms with van der Waals surface area (Å²) in [5, 5.41) is 6.40. The zero-order chi connectivity index (χ0) is 17.0. The van der Waals surface area contributed by atoms with Gasteiger partial charge in [0.25, 0.3) is 0 Å². The number of ether oxygens (including phenoxy) is 1. The van der Waals surface area contributed by atoms with Gasteiger partial charge in [-0.1, -0.05) is 13.8 Å². The summed E-state index contributed by atoms with van der Waals surface area (Å²) in [7, 11) is -2.92. The van der Waals surface area contributed by atoms with E-state index in [2.05, 4.69) is 29.5 Å². The molecule has 23 heavy (non-hydrogen) atoms. The van der Waals surface area contributed by atoms with Crippen molar-refractivity contribution < 1.29 is 13.2 Å². The van der Waals surface area contributed by atoms with E-state index in [1.54, 1.807) is 0 Å². The second-order valence-corrected chi connectivity index (χ2v) is 8.31. The number of guanidine groups is 1. The number of nitrogens with zero attached hydrogens (tertiary/aromatic N) is 1. The van der Waals surface area contributed by atoms with Gasteiger partial charge in [-0.05, 0) is 32.6 Å². The normalized spacial score (nSPS) is 13.6. The molecule has 0 saturated heterocycles. The van der Waals surface area contributed by atoms with E-state index in [4.69, 9.17) is 4.74 Å². The molecule has 0 fully saturated rings. The van der Waals surface area contributed by atoms with Crippen molar-refractivity contribution in [3.63, 3.8) is 0 Å². The largest absolute Gasteiger partial charge is 0.381 e. The van der Waals surface area contributed by atoms with Gasteiger partial charge in [-0.25, -0.2) is 8.42 Å². The van der Waals surface area contributed by atoms with Crippen LogP contribution in [0.5, 0.6) is 0 Å². The summed E-state index contributed by atoms with van der Waals surface area (Å²) in [5.74, 6) is 1.47. The van der Waals surface area contributed by atoms with E-state index in [1.807, 2.05) is 13.8 Å².